The van der Waals surface area contributed by atoms with Gasteiger partial charge in [0.25, 0.3) is 0 Å². The predicted octanol–water partition coefficient (Wildman–Crippen LogP) is 3.87. The fourth-order valence-electron chi connectivity index (χ4n) is 3.04. The average molecular weight is 269 g/mol. The number of nitrogens with one attached hydrogen (secondary N) is 1. The molecule has 0 saturated heterocycles. The van der Waals surface area contributed by atoms with Crippen LogP contribution in [0.1, 0.15) is 42.1 Å². The third kappa shape index (κ3) is 1.91. The lowest BCUT2D eigenvalue weighted by molar-refractivity contribution is -0.137. The van der Waals surface area contributed by atoms with Crippen molar-refractivity contribution >= 4 is 11.5 Å². The third-order valence-electron chi connectivity index (χ3n) is 4.23. The maximum absolute atomic E-state index is 12.6. The SMILES string of the molecule is CC[C@H]1C[C@@]12CC(=O)c1cc(C(F)(F)F)ccc1N2. The summed E-state index contributed by atoms with van der Waals surface area (Å²) in [6, 6.07) is 3.37. The lowest BCUT2D eigenvalue weighted by Crippen LogP contribution is -2.33. The molecule has 1 saturated carbocycles. The van der Waals surface area contributed by atoms with Gasteiger partial charge in [-0.15, -0.1) is 0 Å². The number of rotatable bonds is 1. The number of carbonyl (C=O) groups is 1. The zero-order valence-electron chi connectivity index (χ0n) is 10.5. The molecule has 1 fully saturated rings. The van der Waals surface area contributed by atoms with Gasteiger partial charge in [0.15, 0.2) is 5.78 Å². The quantitative estimate of drug-likeness (QED) is 0.838. The normalized spacial score (nSPS) is 29.1. The van der Waals surface area contributed by atoms with E-state index in [-0.39, 0.29) is 16.9 Å². The Morgan fingerprint density at radius 2 is 2.16 bits per heavy atom. The second kappa shape index (κ2) is 3.74. The van der Waals surface area contributed by atoms with E-state index in [9.17, 15) is 18.0 Å². The van der Waals surface area contributed by atoms with Crippen molar-refractivity contribution in [1.82, 2.24) is 0 Å². The van der Waals surface area contributed by atoms with Crippen molar-refractivity contribution in [3.8, 4) is 0 Å². The number of carbonyl (C=O) groups excluding carboxylic acids is 1. The number of anilines is 1. The van der Waals surface area contributed by atoms with Crippen molar-refractivity contribution in [2.75, 3.05) is 5.32 Å². The van der Waals surface area contributed by atoms with Crippen molar-refractivity contribution < 1.29 is 18.0 Å². The highest BCUT2D eigenvalue weighted by Crippen LogP contribution is 2.54. The first-order chi connectivity index (χ1) is 8.86. The molecule has 2 aliphatic rings. The maximum atomic E-state index is 12.6. The molecule has 5 heteroatoms. The van der Waals surface area contributed by atoms with Crippen molar-refractivity contribution in [3.63, 3.8) is 0 Å². The molecule has 0 aromatic heterocycles. The lowest BCUT2D eigenvalue weighted by Gasteiger charge is -2.28. The van der Waals surface area contributed by atoms with E-state index < -0.39 is 11.7 Å². The van der Waals surface area contributed by atoms with Gasteiger partial charge in [0, 0.05) is 23.2 Å². The summed E-state index contributed by atoms with van der Waals surface area (Å²) >= 11 is 0. The number of hydrogen-bond acceptors (Lipinski definition) is 2. The van der Waals surface area contributed by atoms with Crippen molar-refractivity contribution in [3.05, 3.63) is 29.3 Å². The number of ketones is 1. The predicted molar refractivity (Wildman–Crippen MR) is 65.1 cm³/mol. The van der Waals surface area contributed by atoms with Gasteiger partial charge in [0.1, 0.15) is 0 Å². The molecule has 2 atom stereocenters. The molecule has 1 aromatic rings. The van der Waals surface area contributed by atoms with Crippen LogP contribution < -0.4 is 5.32 Å². The van der Waals surface area contributed by atoms with Crippen LogP contribution in [0.4, 0.5) is 18.9 Å². The molecule has 1 heterocycles. The van der Waals surface area contributed by atoms with Crippen molar-refractivity contribution in [1.29, 1.82) is 0 Å². The third-order valence-corrected chi connectivity index (χ3v) is 4.23. The Morgan fingerprint density at radius 1 is 1.42 bits per heavy atom. The Hall–Kier alpha value is -1.52. The lowest BCUT2D eigenvalue weighted by atomic mass is 9.92. The first-order valence-corrected chi connectivity index (χ1v) is 6.38. The molecule has 3 rings (SSSR count). The molecule has 102 valence electrons. The molecule has 1 spiro atoms. The highest BCUT2D eigenvalue weighted by atomic mass is 19.4. The number of benzene rings is 1. The first-order valence-electron chi connectivity index (χ1n) is 6.38. The molecule has 1 aromatic carbocycles. The minimum atomic E-state index is -4.41. The van der Waals surface area contributed by atoms with E-state index in [1.807, 2.05) is 0 Å². The van der Waals surface area contributed by atoms with Crippen LogP contribution in [0.15, 0.2) is 18.2 Å². The Kier molecular flexibility index (Phi) is 2.46. The van der Waals surface area contributed by atoms with Gasteiger partial charge in [-0.25, -0.2) is 0 Å². The first kappa shape index (κ1) is 12.5. The smallest absolute Gasteiger partial charge is 0.378 e. The van der Waals surface area contributed by atoms with E-state index in [0.29, 0.717) is 18.0 Å². The van der Waals surface area contributed by atoms with Crippen molar-refractivity contribution in [2.45, 2.75) is 37.9 Å². The molecule has 0 radical (unpaired) electrons. The van der Waals surface area contributed by atoms with Crippen molar-refractivity contribution in [2.24, 2.45) is 5.92 Å². The van der Waals surface area contributed by atoms with Crippen LogP contribution in [0, 0.1) is 5.92 Å². The summed E-state index contributed by atoms with van der Waals surface area (Å²) in [5.41, 5.74) is -0.249. The van der Waals surface area contributed by atoms with E-state index >= 15 is 0 Å². The molecule has 0 bridgehead atoms. The summed E-state index contributed by atoms with van der Waals surface area (Å²) < 4.78 is 37.9. The minimum absolute atomic E-state index is 0.169. The summed E-state index contributed by atoms with van der Waals surface area (Å²) in [6.45, 7) is 2.06. The Balaban J connectivity index is 1.96. The maximum Gasteiger partial charge on any atom is 0.416 e. The summed E-state index contributed by atoms with van der Waals surface area (Å²) in [6.07, 6.45) is -2.19. The van der Waals surface area contributed by atoms with Crippen LogP contribution in [0.3, 0.4) is 0 Å². The number of Topliss-reactive ketones (excluding diaryl/α,β-unsaturated/α-hetero) is 1. The number of alkyl halides is 3. The van der Waals surface area contributed by atoms with Crippen LogP contribution >= 0.6 is 0 Å². The summed E-state index contributed by atoms with van der Waals surface area (Å²) in [5, 5.41) is 3.27. The highest BCUT2D eigenvalue weighted by molar-refractivity contribution is 6.04. The van der Waals surface area contributed by atoms with Gasteiger partial charge in [-0.3, -0.25) is 4.79 Å². The molecule has 19 heavy (non-hydrogen) atoms. The molecule has 1 N–H and O–H groups in total. The Morgan fingerprint density at radius 3 is 2.74 bits per heavy atom. The van der Waals surface area contributed by atoms with Gasteiger partial charge in [-0.1, -0.05) is 13.3 Å². The molecule has 1 aliphatic heterocycles. The van der Waals surface area contributed by atoms with Crippen LogP contribution in [0.2, 0.25) is 0 Å². The van der Waals surface area contributed by atoms with Gasteiger partial charge in [0.05, 0.1) is 5.56 Å². The van der Waals surface area contributed by atoms with Crippen LogP contribution in [0.5, 0.6) is 0 Å². The topological polar surface area (TPSA) is 29.1 Å². The monoisotopic (exact) mass is 269 g/mol. The van der Waals surface area contributed by atoms with E-state index in [1.165, 1.54) is 6.07 Å². The second-order valence-electron chi connectivity index (χ2n) is 5.45. The largest absolute Gasteiger partial charge is 0.416 e. The summed E-state index contributed by atoms with van der Waals surface area (Å²) in [7, 11) is 0. The van der Waals surface area contributed by atoms with E-state index in [0.717, 1.165) is 25.0 Å². The van der Waals surface area contributed by atoms with Crippen LogP contribution in [0.25, 0.3) is 0 Å². The molecule has 0 amide bonds. The summed E-state index contributed by atoms with van der Waals surface area (Å²) in [5.74, 6) is 0.266. The highest BCUT2D eigenvalue weighted by Gasteiger charge is 2.56. The molecule has 0 unspecified atom stereocenters. The van der Waals surface area contributed by atoms with E-state index in [2.05, 4.69) is 12.2 Å². The minimum Gasteiger partial charge on any atom is -0.378 e. The molecular formula is C14H14F3NO. The summed E-state index contributed by atoms with van der Waals surface area (Å²) in [4.78, 5) is 12.1. The Labute approximate surface area is 109 Å². The van der Waals surface area contributed by atoms with E-state index in [4.69, 9.17) is 0 Å². The fraction of sp³-hybridized carbons (Fsp3) is 0.500. The number of halogens is 3. The Bertz CT molecular complexity index is 552. The van der Waals surface area contributed by atoms with Crippen LogP contribution in [-0.2, 0) is 6.18 Å². The van der Waals surface area contributed by atoms with Gasteiger partial charge < -0.3 is 5.32 Å². The number of fused-ring (bicyclic) bond motifs is 1. The second-order valence-corrected chi connectivity index (χ2v) is 5.45. The average Bonchev–Trinajstić information content (AvgIpc) is 2.99. The number of hydrogen-bond donors (Lipinski definition) is 1. The molecule has 2 nitrogen and oxygen atoms in total. The zero-order chi connectivity index (χ0) is 13.8. The fourth-order valence-corrected chi connectivity index (χ4v) is 3.04. The van der Waals surface area contributed by atoms with Gasteiger partial charge in [-0.05, 0) is 30.5 Å². The van der Waals surface area contributed by atoms with E-state index in [1.54, 1.807) is 0 Å². The standard InChI is InChI=1S/C14H14F3NO/c1-2-8-6-13(8)7-12(19)10-5-9(14(15,16)17)3-4-11(10)18-13/h3-5,8,18H,2,6-7H2,1H3/t8-,13+/m0/s1. The van der Waals surface area contributed by atoms with Crippen LogP contribution in [-0.4, -0.2) is 11.3 Å². The zero-order valence-corrected chi connectivity index (χ0v) is 10.5. The molecular weight excluding hydrogens is 255 g/mol. The van der Waals surface area contributed by atoms with Gasteiger partial charge >= 0.3 is 6.18 Å². The molecule has 1 aliphatic carbocycles. The van der Waals surface area contributed by atoms with Gasteiger partial charge in [-0.2, -0.15) is 13.2 Å². The van der Waals surface area contributed by atoms with Gasteiger partial charge in [0.2, 0.25) is 0 Å².